The highest BCUT2D eigenvalue weighted by Gasteiger charge is 2.11. The number of unbranched alkanes of at least 4 members (excludes halogenated alkanes) is 1. The number of aliphatic hydroxyl groups excluding tert-OH is 2. The van der Waals surface area contributed by atoms with Crippen molar-refractivity contribution in [2.24, 2.45) is 5.73 Å². The second-order valence-electron chi connectivity index (χ2n) is 5.19. The van der Waals surface area contributed by atoms with Crippen LogP contribution < -0.4 is 10.5 Å². The Morgan fingerprint density at radius 3 is 2.52 bits per heavy atom. The molecule has 0 amide bonds. The van der Waals surface area contributed by atoms with Crippen molar-refractivity contribution in [2.75, 3.05) is 32.8 Å². The zero-order chi connectivity index (χ0) is 15.5. The minimum Gasteiger partial charge on any atom is -0.491 e. The second-order valence-corrected chi connectivity index (χ2v) is 5.19. The van der Waals surface area contributed by atoms with Crippen molar-refractivity contribution in [1.82, 2.24) is 4.90 Å². The summed E-state index contributed by atoms with van der Waals surface area (Å²) in [6.07, 6.45) is 1.60. The standard InChI is InChI=1S/C16H28N2O3/c1-2-3-8-18(9-10-19)12-15(20)13-21-16-6-4-14(11-17)5-7-16/h4-7,15,19-20H,2-3,8-13,17H2,1H3. The Balaban J connectivity index is 2.34. The molecule has 21 heavy (non-hydrogen) atoms. The van der Waals surface area contributed by atoms with Gasteiger partial charge in [-0.3, -0.25) is 4.90 Å². The molecule has 4 N–H and O–H groups in total. The smallest absolute Gasteiger partial charge is 0.119 e. The first-order valence-electron chi connectivity index (χ1n) is 7.62. The molecule has 0 saturated carbocycles. The topological polar surface area (TPSA) is 79.0 Å². The first-order chi connectivity index (χ1) is 10.2. The summed E-state index contributed by atoms with van der Waals surface area (Å²) >= 11 is 0. The van der Waals surface area contributed by atoms with Gasteiger partial charge in [-0.1, -0.05) is 25.5 Å². The minimum absolute atomic E-state index is 0.109. The third kappa shape index (κ3) is 7.43. The van der Waals surface area contributed by atoms with Gasteiger partial charge in [-0.15, -0.1) is 0 Å². The highest BCUT2D eigenvalue weighted by atomic mass is 16.5. The number of hydrogen-bond donors (Lipinski definition) is 3. The molecule has 1 rings (SSSR count). The summed E-state index contributed by atoms with van der Waals surface area (Å²) in [5, 5.41) is 19.1. The second kappa shape index (κ2) is 10.6. The SMILES string of the molecule is CCCCN(CCO)CC(O)COc1ccc(CN)cc1. The van der Waals surface area contributed by atoms with Crippen molar-refractivity contribution in [3.8, 4) is 5.75 Å². The molecule has 1 atom stereocenters. The maximum absolute atomic E-state index is 10.0. The first-order valence-corrected chi connectivity index (χ1v) is 7.62. The number of hydrogen-bond acceptors (Lipinski definition) is 5. The quantitative estimate of drug-likeness (QED) is 0.567. The summed E-state index contributed by atoms with van der Waals surface area (Å²) in [5.41, 5.74) is 6.59. The van der Waals surface area contributed by atoms with Crippen molar-refractivity contribution in [2.45, 2.75) is 32.4 Å². The van der Waals surface area contributed by atoms with Crippen LogP contribution in [0.25, 0.3) is 0 Å². The van der Waals surface area contributed by atoms with Crippen molar-refractivity contribution in [3.05, 3.63) is 29.8 Å². The van der Waals surface area contributed by atoms with Gasteiger partial charge in [0.05, 0.1) is 6.61 Å². The molecule has 0 aliphatic rings. The normalized spacial score (nSPS) is 12.6. The van der Waals surface area contributed by atoms with E-state index in [4.69, 9.17) is 15.6 Å². The van der Waals surface area contributed by atoms with E-state index in [0.29, 0.717) is 19.6 Å². The summed E-state index contributed by atoms with van der Waals surface area (Å²) in [4.78, 5) is 2.06. The lowest BCUT2D eigenvalue weighted by molar-refractivity contribution is 0.0613. The van der Waals surface area contributed by atoms with Crippen LogP contribution in [0.3, 0.4) is 0 Å². The summed E-state index contributed by atoms with van der Waals surface area (Å²) in [6.45, 7) is 4.98. The largest absolute Gasteiger partial charge is 0.491 e. The molecule has 5 heteroatoms. The molecule has 1 unspecified atom stereocenters. The molecule has 0 spiro atoms. The molecule has 1 aromatic carbocycles. The average Bonchev–Trinajstić information content (AvgIpc) is 2.51. The molecule has 0 aromatic heterocycles. The Bertz CT molecular complexity index is 370. The van der Waals surface area contributed by atoms with Gasteiger partial charge >= 0.3 is 0 Å². The summed E-state index contributed by atoms with van der Waals surface area (Å²) in [5.74, 6) is 0.730. The van der Waals surface area contributed by atoms with Crippen LogP contribution in [0.15, 0.2) is 24.3 Å². The van der Waals surface area contributed by atoms with E-state index in [0.717, 1.165) is 30.7 Å². The Hall–Kier alpha value is -1.14. The van der Waals surface area contributed by atoms with E-state index in [2.05, 4.69) is 11.8 Å². The Morgan fingerprint density at radius 2 is 1.95 bits per heavy atom. The molecule has 0 saturated heterocycles. The van der Waals surface area contributed by atoms with Gasteiger partial charge < -0.3 is 20.7 Å². The third-order valence-corrected chi connectivity index (χ3v) is 3.31. The molecule has 1 aromatic rings. The average molecular weight is 296 g/mol. The fourth-order valence-electron chi connectivity index (χ4n) is 2.08. The Kier molecular flexibility index (Phi) is 9.01. The maximum atomic E-state index is 10.0. The van der Waals surface area contributed by atoms with E-state index < -0.39 is 6.10 Å². The zero-order valence-electron chi connectivity index (χ0n) is 12.9. The van der Waals surface area contributed by atoms with E-state index in [9.17, 15) is 5.11 Å². The van der Waals surface area contributed by atoms with Gasteiger partial charge in [0.1, 0.15) is 18.5 Å². The van der Waals surface area contributed by atoms with E-state index in [-0.39, 0.29) is 13.2 Å². The lowest BCUT2D eigenvalue weighted by Crippen LogP contribution is -2.37. The van der Waals surface area contributed by atoms with Gasteiger partial charge in [-0.05, 0) is 30.7 Å². The third-order valence-electron chi connectivity index (χ3n) is 3.31. The minimum atomic E-state index is -0.567. The van der Waals surface area contributed by atoms with Gasteiger partial charge in [0, 0.05) is 19.6 Å². The highest BCUT2D eigenvalue weighted by Crippen LogP contribution is 2.12. The van der Waals surface area contributed by atoms with Crippen LogP contribution in [0.2, 0.25) is 0 Å². The summed E-state index contributed by atoms with van der Waals surface area (Å²) in [7, 11) is 0. The molecule has 0 radical (unpaired) electrons. The number of aliphatic hydroxyl groups is 2. The van der Waals surface area contributed by atoms with Crippen LogP contribution in [0.1, 0.15) is 25.3 Å². The van der Waals surface area contributed by atoms with Crippen molar-refractivity contribution in [3.63, 3.8) is 0 Å². The molecular weight excluding hydrogens is 268 g/mol. The molecule has 0 heterocycles. The van der Waals surface area contributed by atoms with Crippen LogP contribution in [0.5, 0.6) is 5.75 Å². The predicted molar refractivity (Wildman–Crippen MR) is 84.3 cm³/mol. The van der Waals surface area contributed by atoms with Gasteiger partial charge in [-0.2, -0.15) is 0 Å². The van der Waals surface area contributed by atoms with E-state index in [1.54, 1.807) is 0 Å². The number of ether oxygens (including phenoxy) is 1. The fraction of sp³-hybridized carbons (Fsp3) is 0.625. The molecule has 120 valence electrons. The summed E-state index contributed by atoms with van der Waals surface area (Å²) in [6, 6.07) is 7.55. The van der Waals surface area contributed by atoms with Crippen molar-refractivity contribution < 1.29 is 14.9 Å². The highest BCUT2D eigenvalue weighted by molar-refractivity contribution is 5.27. The van der Waals surface area contributed by atoms with Crippen LogP contribution in [-0.4, -0.2) is 54.1 Å². The van der Waals surface area contributed by atoms with Gasteiger partial charge in [0.15, 0.2) is 0 Å². The number of nitrogens with zero attached hydrogens (tertiary/aromatic N) is 1. The van der Waals surface area contributed by atoms with E-state index in [1.807, 2.05) is 24.3 Å². The van der Waals surface area contributed by atoms with Gasteiger partial charge in [-0.25, -0.2) is 0 Å². The monoisotopic (exact) mass is 296 g/mol. The number of nitrogens with two attached hydrogens (primary N) is 1. The van der Waals surface area contributed by atoms with Crippen molar-refractivity contribution in [1.29, 1.82) is 0 Å². The zero-order valence-corrected chi connectivity index (χ0v) is 12.9. The first kappa shape index (κ1) is 17.9. The van der Waals surface area contributed by atoms with E-state index >= 15 is 0 Å². The lowest BCUT2D eigenvalue weighted by atomic mass is 10.2. The Labute approximate surface area is 127 Å². The number of rotatable bonds is 11. The molecule has 0 bridgehead atoms. The molecule has 0 aliphatic carbocycles. The maximum Gasteiger partial charge on any atom is 0.119 e. The van der Waals surface area contributed by atoms with Crippen LogP contribution >= 0.6 is 0 Å². The van der Waals surface area contributed by atoms with Crippen LogP contribution in [-0.2, 0) is 6.54 Å². The summed E-state index contributed by atoms with van der Waals surface area (Å²) < 4.78 is 5.57. The fourth-order valence-corrected chi connectivity index (χ4v) is 2.08. The lowest BCUT2D eigenvalue weighted by Gasteiger charge is -2.24. The Morgan fingerprint density at radius 1 is 1.24 bits per heavy atom. The van der Waals surface area contributed by atoms with Gasteiger partial charge in [0.2, 0.25) is 0 Å². The molecule has 0 aliphatic heterocycles. The van der Waals surface area contributed by atoms with Crippen molar-refractivity contribution >= 4 is 0 Å². The van der Waals surface area contributed by atoms with Gasteiger partial charge in [0.25, 0.3) is 0 Å². The number of benzene rings is 1. The van der Waals surface area contributed by atoms with Crippen LogP contribution in [0.4, 0.5) is 0 Å². The molecular formula is C16H28N2O3. The van der Waals surface area contributed by atoms with E-state index in [1.165, 1.54) is 0 Å². The predicted octanol–water partition coefficient (Wildman–Crippen LogP) is 0.979. The van der Waals surface area contributed by atoms with Crippen LogP contribution in [0, 0.1) is 0 Å². The molecule has 5 nitrogen and oxygen atoms in total. The molecule has 0 fully saturated rings.